The highest BCUT2D eigenvalue weighted by Gasteiger charge is 2.09. The van der Waals surface area contributed by atoms with Crippen molar-refractivity contribution >= 4 is 17.6 Å². The van der Waals surface area contributed by atoms with Crippen LogP contribution in [0.25, 0.3) is 0 Å². The summed E-state index contributed by atoms with van der Waals surface area (Å²) in [6.07, 6.45) is 0.901. The first kappa shape index (κ1) is 15.0. The van der Waals surface area contributed by atoms with Crippen molar-refractivity contribution in [3.63, 3.8) is 0 Å². The Morgan fingerprint density at radius 2 is 2.00 bits per heavy atom. The van der Waals surface area contributed by atoms with Crippen molar-refractivity contribution in [2.45, 2.75) is 19.8 Å². The topological polar surface area (TPSA) is 72.6 Å². The van der Waals surface area contributed by atoms with E-state index in [-0.39, 0.29) is 18.5 Å². The van der Waals surface area contributed by atoms with Gasteiger partial charge in [-0.25, -0.2) is 4.79 Å². The minimum Gasteiger partial charge on any atom is -0.462 e. The molecule has 0 saturated carbocycles. The maximum absolute atomic E-state index is 11.7. The number of nitrogens with two attached hydrogens (primary N) is 1. The van der Waals surface area contributed by atoms with E-state index in [4.69, 9.17) is 10.5 Å². The Bertz CT molecular complexity index is 470. The van der Waals surface area contributed by atoms with E-state index in [1.54, 1.807) is 32.3 Å². The normalized spacial score (nSPS) is 10.1. The Morgan fingerprint density at radius 3 is 2.58 bits per heavy atom. The number of carbonyl (C=O) groups excluding carboxylic acids is 2. The van der Waals surface area contributed by atoms with Gasteiger partial charge >= 0.3 is 5.97 Å². The molecule has 104 valence electrons. The summed E-state index contributed by atoms with van der Waals surface area (Å²) in [5, 5.41) is 0. The summed E-state index contributed by atoms with van der Waals surface area (Å²) in [7, 11) is 3.40. The Morgan fingerprint density at radius 1 is 1.32 bits per heavy atom. The van der Waals surface area contributed by atoms with Crippen LogP contribution in [0.4, 0.5) is 5.69 Å². The molecule has 0 fully saturated rings. The molecular formula is C14H20N2O3. The van der Waals surface area contributed by atoms with Gasteiger partial charge in [-0.2, -0.15) is 0 Å². The van der Waals surface area contributed by atoms with Gasteiger partial charge in [0.25, 0.3) is 0 Å². The maximum Gasteiger partial charge on any atom is 0.338 e. The number of nitrogen functional groups attached to an aromatic ring is 1. The van der Waals surface area contributed by atoms with Crippen molar-refractivity contribution in [2.24, 2.45) is 0 Å². The van der Waals surface area contributed by atoms with Crippen LogP contribution in [0.3, 0.4) is 0 Å². The van der Waals surface area contributed by atoms with Crippen LogP contribution in [0.15, 0.2) is 18.2 Å². The summed E-state index contributed by atoms with van der Waals surface area (Å²) in [5.41, 5.74) is 7.65. The molecule has 0 spiro atoms. The molecule has 0 atom stereocenters. The molecule has 0 unspecified atom stereocenters. The van der Waals surface area contributed by atoms with Crippen molar-refractivity contribution in [1.82, 2.24) is 4.90 Å². The summed E-state index contributed by atoms with van der Waals surface area (Å²) < 4.78 is 5.10. The highest BCUT2D eigenvalue weighted by atomic mass is 16.5. The molecule has 0 saturated heterocycles. The van der Waals surface area contributed by atoms with Crippen LogP contribution >= 0.6 is 0 Å². The molecule has 0 bridgehead atoms. The van der Waals surface area contributed by atoms with E-state index in [9.17, 15) is 9.59 Å². The van der Waals surface area contributed by atoms with Gasteiger partial charge in [0.15, 0.2) is 0 Å². The highest BCUT2D eigenvalue weighted by Crippen LogP contribution is 2.13. The van der Waals surface area contributed by atoms with Crippen LogP contribution in [-0.2, 0) is 9.53 Å². The van der Waals surface area contributed by atoms with Crippen LogP contribution in [0.1, 0.15) is 28.8 Å². The van der Waals surface area contributed by atoms with Gasteiger partial charge in [0, 0.05) is 26.2 Å². The van der Waals surface area contributed by atoms with Gasteiger partial charge in [0.2, 0.25) is 5.91 Å². The number of amides is 1. The van der Waals surface area contributed by atoms with E-state index in [1.807, 2.05) is 6.92 Å². The molecule has 1 aromatic rings. The first-order valence-electron chi connectivity index (χ1n) is 6.15. The third kappa shape index (κ3) is 4.62. The molecule has 19 heavy (non-hydrogen) atoms. The van der Waals surface area contributed by atoms with Crippen LogP contribution in [0, 0.1) is 6.92 Å². The average molecular weight is 264 g/mol. The number of aryl methyl sites for hydroxylation is 1. The number of rotatable bonds is 5. The number of esters is 1. The number of hydrogen-bond donors (Lipinski definition) is 1. The molecular weight excluding hydrogens is 244 g/mol. The summed E-state index contributed by atoms with van der Waals surface area (Å²) in [5.74, 6) is -0.361. The zero-order valence-electron chi connectivity index (χ0n) is 11.6. The lowest BCUT2D eigenvalue weighted by Gasteiger charge is -2.10. The molecule has 2 N–H and O–H groups in total. The van der Waals surface area contributed by atoms with Crippen LogP contribution < -0.4 is 5.73 Å². The summed E-state index contributed by atoms with van der Waals surface area (Å²) >= 11 is 0. The predicted octanol–water partition coefficient (Wildman–Crippen LogP) is 1.60. The first-order valence-corrected chi connectivity index (χ1v) is 6.15. The Labute approximate surface area is 113 Å². The van der Waals surface area contributed by atoms with E-state index in [1.165, 1.54) is 4.90 Å². The average Bonchev–Trinajstić information content (AvgIpc) is 2.37. The van der Waals surface area contributed by atoms with Crippen LogP contribution in [0.2, 0.25) is 0 Å². The van der Waals surface area contributed by atoms with E-state index < -0.39 is 0 Å². The quantitative estimate of drug-likeness (QED) is 0.498. The fourth-order valence-electron chi connectivity index (χ4n) is 1.50. The molecule has 5 nitrogen and oxygen atoms in total. The van der Waals surface area contributed by atoms with E-state index in [0.29, 0.717) is 24.1 Å². The van der Waals surface area contributed by atoms with Crippen molar-refractivity contribution in [3.05, 3.63) is 29.3 Å². The number of benzene rings is 1. The first-order chi connectivity index (χ1) is 8.91. The van der Waals surface area contributed by atoms with Gasteiger partial charge in [-0.1, -0.05) is 0 Å². The Hall–Kier alpha value is -2.04. The van der Waals surface area contributed by atoms with Gasteiger partial charge in [-0.3, -0.25) is 4.79 Å². The molecule has 1 amide bonds. The monoisotopic (exact) mass is 264 g/mol. The fourth-order valence-corrected chi connectivity index (χ4v) is 1.50. The zero-order chi connectivity index (χ0) is 14.4. The van der Waals surface area contributed by atoms with Crippen molar-refractivity contribution in [3.8, 4) is 0 Å². The second-order valence-corrected chi connectivity index (χ2v) is 4.60. The van der Waals surface area contributed by atoms with Gasteiger partial charge in [0.05, 0.1) is 12.2 Å². The Balaban J connectivity index is 2.39. The maximum atomic E-state index is 11.7. The largest absolute Gasteiger partial charge is 0.462 e. The second kappa shape index (κ2) is 6.78. The number of nitrogens with zero attached hydrogens (tertiary/aromatic N) is 1. The summed E-state index contributed by atoms with van der Waals surface area (Å²) in [6.45, 7) is 2.07. The molecule has 0 aromatic heterocycles. The Kier molecular flexibility index (Phi) is 5.36. The minimum atomic E-state index is -0.389. The second-order valence-electron chi connectivity index (χ2n) is 4.60. The lowest BCUT2D eigenvalue weighted by Crippen LogP contribution is -2.21. The van der Waals surface area contributed by atoms with Crippen molar-refractivity contribution in [2.75, 3.05) is 26.4 Å². The smallest absolute Gasteiger partial charge is 0.338 e. The molecule has 0 radical (unpaired) electrons. The molecule has 0 aliphatic carbocycles. The third-order valence-corrected chi connectivity index (χ3v) is 2.77. The van der Waals surface area contributed by atoms with Crippen molar-refractivity contribution in [1.29, 1.82) is 0 Å². The molecule has 0 heterocycles. The number of hydrogen-bond acceptors (Lipinski definition) is 4. The lowest BCUT2D eigenvalue weighted by molar-refractivity contribution is -0.128. The molecule has 1 aromatic carbocycles. The van der Waals surface area contributed by atoms with Gasteiger partial charge in [0.1, 0.15) is 0 Å². The van der Waals surface area contributed by atoms with E-state index in [0.717, 1.165) is 5.56 Å². The van der Waals surface area contributed by atoms with Crippen molar-refractivity contribution < 1.29 is 14.3 Å². The lowest BCUT2D eigenvalue weighted by atomic mass is 10.1. The standard InChI is InChI=1S/C14H20N2O3/c1-10-9-11(6-7-12(10)15)14(18)19-8-4-5-13(17)16(2)3/h6-7,9H,4-5,8,15H2,1-3H3. The highest BCUT2D eigenvalue weighted by molar-refractivity contribution is 5.90. The van der Waals surface area contributed by atoms with Gasteiger partial charge in [-0.15, -0.1) is 0 Å². The van der Waals surface area contributed by atoms with Crippen LogP contribution in [-0.4, -0.2) is 37.5 Å². The van der Waals surface area contributed by atoms with E-state index in [2.05, 4.69) is 0 Å². The summed E-state index contributed by atoms with van der Waals surface area (Å²) in [6, 6.07) is 5.01. The fraction of sp³-hybridized carbons (Fsp3) is 0.429. The van der Waals surface area contributed by atoms with E-state index >= 15 is 0 Å². The minimum absolute atomic E-state index is 0.0272. The molecule has 0 aliphatic rings. The molecule has 0 aliphatic heterocycles. The van der Waals surface area contributed by atoms with Gasteiger partial charge < -0.3 is 15.4 Å². The van der Waals surface area contributed by atoms with Gasteiger partial charge in [-0.05, 0) is 37.1 Å². The number of ether oxygens (including phenoxy) is 1. The number of anilines is 1. The predicted molar refractivity (Wildman–Crippen MR) is 73.8 cm³/mol. The van der Waals surface area contributed by atoms with Crippen LogP contribution in [0.5, 0.6) is 0 Å². The molecule has 1 rings (SSSR count). The third-order valence-electron chi connectivity index (χ3n) is 2.77. The summed E-state index contributed by atoms with van der Waals surface area (Å²) in [4.78, 5) is 24.6. The SMILES string of the molecule is Cc1cc(C(=O)OCCCC(=O)N(C)C)ccc1N. The zero-order valence-corrected chi connectivity index (χ0v) is 11.6. The number of carbonyl (C=O) groups is 2. The molecule has 5 heteroatoms.